The Morgan fingerprint density at radius 1 is 1.19 bits per heavy atom. The number of carbonyl (C=O) groups excluding carboxylic acids is 2. The molecule has 1 heterocycles. The molecule has 0 aromatic rings. The molecule has 0 radical (unpaired) electrons. The third kappa shape index (κ3) is 1.75. The molecule has 1 saturated heterocycles. The lowest BCUT2D eigenvalue weighted by atomic mass is 9.46. The summed E-state index contributed by atoms with van der Waals surface area (Å²) in [5.41, 5.74) is 0.592. The summed E-state index contributed by atoms with van der Waals surface area (Å²) < 4.78 is 0. The van der Waals surface area contributed by atoms with Crippen molar-refractivity contribution < 1.29 is 14.7 Å². The fraction of sp³-hybridized carbons (Fsp3) is 0.727. The molecule has 0 aromatic carbocycles. The highest BCUT2D eigenvalue weighted by atomic mass is 16.3. The van der Waals surface area contributed by atoms with Crippen molar-refractivity contribution in [1.82, 2.24) is 4.90 Å². The molecule has 4 fully saturated rings. The average Bonchev–Trinajstić information content (AvgIpc) is 3.06. The topological polar surface area (TPSA) is 57.6 Å². The lowest BCUT2D eigenvalue weighted by Crippen LogP contribution is -2.58. The van der Waals surface area contributed by atoms with Crippen LogP contribution in [0, 0.1) is 34.5 Å². The lowest BCUT2D eigenvalue weighted by molar-refractivity contribution is -0.156. The van der Waals surface area contributed by atoms with E-state index in [-0.39, 0.29) is 34.5 Å². The van der Waals surface area contributed by atoms with Crippen LogP contribution in [0.25, 0.3) is 0 Å². The van der Waals surface area contributed by atoms with E-state index in [1.165, 1.54) is 5.57 Å². The van der Waals surface area contributed by atoms with Crippen LogP contribution in [0.5, 0.6) is 0 Å². The average molecular weight is 355 g/mol. The number of aliphatic hydroxyl groups is 1. The van der Waals surface area contributed by atoms with Crippen molar-refractivity contribution in [3.05, 3.63) is 23.8 Å². The lowest BCUT2D eigenvalue weighted by Gasteiger charge is -2.58. The molecule has 0 unspecified atom stereocenters. The van der Waals surface area contributed by atoms with E-state index in [4.69, 9.17) is 0 Å². The van der Waals surface area contributed by atoms with Crippen LogP contribution in [0.2, 0.25) is 0 Å². The molecule has 4 aliphatic carbocycles. The third-order valence-electron chi connectivity index (χ3n) is 9.00. The Morgan fingerprint density at radius 3 is 2.69 bits per heavy atom. The van der Waals surface area contributed by atoms with Crippen molar-refractivity contribution in [2.75, 3.05) is 7.05 Å². The molecule has 4 nitrogen and oxygen atoms in total. The smallest absolute Gasteiger partial charge is 0.229 e. The maximum atomic E-state index is 13.3. The predicted molar refractivity (Wildman–Crippen MR) is 98.1 cm³/mol. The molecule has 5 rings (SSSR count). The summed E-state index contributed by atoms with van der Waals surface area (Å²) in [6, 6.07) is 0.276. The van der Waals surface area contributed by atoms with Gasteiger partial charge in [0.05, 0.1) is 11.5 Å². The Bertz CT molecular complexity index is 754. The summed E-state index contributed by atoms with van der Waals surface area (Å²) >= 11 is 0. The van der Waals surface area contributed by atoms with Crippen molar-refractivity contribution in [3.8, 4) is 0 Å². The fourth-order valence-electron chi connectivity index (χ4n) is 7.87. The molecule has 1 N–H and O–H groups in total. The minimum absolute atomic E-state index is 0.0695. The molecular weight excluding hydrogens is 326 g/mol. The van der Waals surface area contributed by atoms with Gasteiger partial charge in [-0.25, -0.2) is 0 Å². The Morgan fingerprint density at radius 2 is 1.92 bits per heavy atom. The minimum atomic E-state index is -0.481. The number of ketones is 1. The summed E-state index contributed by atoms with van der Waals surface area (Å²) in [7, 11) is 1.94. The Hall–Kier alpha value is -1.42. The molecule has 140 valence electrons. The van der Waals surface area contributed by atoms with Gasteiger partial charge < -0.3 is 10.0 Å². The number of hydrogen-bond acceptors (Lipinski definition) is 3. The predicted octanol–water partition coefficient (Wildman–Crippen LogP) is 2.72. The Balaban J connectivity index is 1.59. The number of aliphatic hydroxyl groups excluding tert-OH is 1. The first-order valence-electron chi connectivity index (χ1n) is 10.2. The number of rotatable bonds is 0. The summed E-state index contributed by atoms with van der Waals surface area (Å²) in [6.45, 7) is 4.37. The molecule has 4 heteroatoms. The fourth-order valence-corrected chi connectivity index (χ4v) is 7.87. The monoisotopic (exact) mass is 355 g/mol. The molecule has 0 aromatic heterocycles. The maximum absolute atomic E-state index is 13.3. The van der Waals surface area contributed by atoms with Gasteiger partial charge in [-0.15, -0.1) is 0 Å². The summed E-state index contributed by atoms with van der Waals surface area (Å²) in [5.74, 6) is 1.59. The molecule has 1 spiro atoms. The number of carbonyl (C=O) groups is 2. The number of amides is 1. The highest BCUT2D eigenvalue weighted by Gasteiger charge is 2.70. The molecule has 8 atom stereocenters. The van der Waals surface area contributed by atoms with Crippen molar-refractivity contribution in [1.29, 1.82) is 0 Å². The Kier molecular flexibility index (Phi) is 3.28. The first-order valence-corrected chi connectivity index (χ1v) is 10.2. The second-order valence-electron chi connectivity index (χ2n) is 9.68. The van der Waals surface area contributed by atoms with E-state index in [9.17, 15) is 14.7 Å². The van der Waals surface area contributed by atoms with Gasteiger partial charge in [0.15, 0.2) is 5.78 Å². The summed E-state index contributed by atoms with van der Waals surface area (Å²) in [4.78, 5) is 27.1. The van der Waals surface area contributed by atoms with Crippen LogP contribution in [-0.2, 0) is 9.59 Å². The molecule has 1 amide bonds. The van der Waals surface area contributed by atoms with Gasteiger partial charge in [-0.2, -0.15) is 0 Å². The normalized spacial score (nSPS) is 52.3. The van der Waals surface area contributed by atoms with Crippen LogP contribution in [0.4, 0.5) is 0 Å². The molecule has 0 bridgehead atoms. The second-order valence-corrected chi connectivity index (χ2v) is 9.68. The molecule has 3 saturated carbocycles. The van der Waals surface area contributed by atoms with Gasteiger partial charge in [-0.1, -0.05) is 18.6 Å². The van der Waals surface area contributed by atoms with Crippen LogP contribution in [0.15, 0.2) is 23.8 Å². The highest BCUT2D eigenvalue weighted by Crippen LogP contribution is 2.68. The van der Waals surface area contributed by atoms with Crippen molar-refractivity contribution in [2.24, 2.45) is 34.5 Å². The van der Waals surface area contributed by atoms with E-state index in [1.807, 2.05) is 18.0 Å². The van der Waals surface area contributed by atoms with Crippen molar-refractivity contribution in [3.63, 3.8) is 0 Å². The molecule has 5 aliphatic rings. The van der Waals surface area contributed by atoms with Gasteiger partial charge >= 0.3 is 0 Å². The van der Waals surface area contributed by atoms with Gasteiger partial charge in [0.1, 0.15) is 0 Å². The van der Waals surface area contributed by atoms with Crippen molar-refractivity contribution >= 4 is 11.7 Å². The van der Waals surface area contributed by atoms with Crippen LogP contribution >= 0.6 is 0 Å². The van der Waals surface area contributed by atoms with Gasteiger partial charge in [0.25, 0.3) is 0 Å². The van der Waals surface area contributed by atoms with Gasteiger partial charge in [-0.05, 0) is 68.9 Å². The maximum Gasteiger partial charge on any atom is 0.229 e. The summed E-state index contributed by atoms with van der Waals surface area (Å²) in [6.07, 6.45) is 9.75. The van der Waals surface area contributed by atoms with Crippen LogP contribution in [0.1, 0.15) is 46.0 Å². The van der Waals surface area contributed by atoms with E-state index >= 15 is 0 Å². The first-order chi connectivity index (χ1) is 12.3. The molecule has 26 heavy (non-hydrogen) atoms. The largest absolute Gasteiger partial charge is 0.393 e. The van der Waals surface area contributed by atoms with Crippen LogP contribution < -0.4 is 0 Å². The highest BCUT2D eigenvalue weighted by molar-refractivity contribution is 6.01. The van der Waals surface area contributed by atoms with E-state index in [0.29, 0.717) is 24.2 Å². The van der Waals surface area contributed by atoms with E-state index in [2.05, 4.69) is 13.8 Å². The third-order valence-corrected chi connectivity index (χ3v) is 9.00. The number of likely N-dealkylation sites (tertiary alicyclic amines) is 1. The van der Waals surface area contributed by atoms with E-state index < -0.39 is 6.10 Å². The van der Waals surface area contributed by atoms with Crippen molar-refractivity contribution in [2.45, 2.75) is 58.1 Å². The second kappa shape index (κ2) is 5.09. The zero-order valence-corrected chi connectivity index (χ0v) is 15.9. The zero-order valence-electron chi connectivity index (χ0n) is 15.9. The number of hydrogen-bond donors (Lipinski definition) is 1. The zero-order chi connectivity index (χ0) is 18.4. The van der Waals surface area contributed by atoms with Gasteiger partial charge in [0, 0.05) is 24.4 Å². The number of fused-ring (bicyclic) bond motifs is 4. The van der Waals surface area contributed by atoms with Gasteiger partial charge in [0.2, 0.25) is 5.91 Å². The minimum Gasteiger partial charge on any atom is -0.393 e. The van der Waals surface area contributed by atoms with Crippen LogP contribution in [0.3, 0.4) is 0 Å². The SMILES string of the molecule is C[C@H]1[C@H]2CC[C@H]3[C@@H]4CCC5=CC(=O)C=C[C@]5(C)[C@H]4[C@H](O)C[C@]23C(=O)N1C. The van der Waals surface area contributed by atoms with Gasteiger partial charge in [-0.3, -0.25) is 9.59 Å². The van der Waals surface area contributed by atoms with E-state index in [1.54, 1.807) is 12.2 Å². The Labute approximate surface area is 155 Å². The first kappa shape index (κ1) is 16.7. The molecule has 1 aliphatic heterocycles. The number of allylic oxidation sites excluding steroid dienone is 4. The van der Waals surface area contributed by atoms with Crippen LogP contribution in [-0.4, -0.2) is 40.9 Å². The number of nitrogens with zero attached hydrogens (tertiary/aromatic N) is 1. The van der Waals surface area contributed by atoms with E-state index in [0.717, 1.165) is 25.7 Å². The molecular formula is C22H29NO3. The summed E-state index contributed by atoms with van der Waals surface area (Å²) in [5, 5.41) is 11.3. The standard InChI is InChI=1S/C22H29NO3/c1-12-16-6-7-17-15-5-4-13-10-14(24)8-9-21(13,2)19(15)18(25)11-22(16,17)20(26)23(12)3/h8-10,12,15-19,25H,4-7,11H2,1-3H3/t12-,15-,16+,17-,18+,19+,21-,22-/m0/s1. The quantitative estimate of drug-likeness (QED) is 0.727.